The first-order valence-corrected chi connectivity index (χ1v) is 5.40. The van der Waals surface area contributed by atoms with Crippen molar-refractivity contribution in [3.63, 3.8) is 0 Å². The van der Waals surface area contributed by atoms with Crippen molar-refractivity contribution in [3.8, 4) is 5.75 Å². The zero-order chi connectivity index (χ0) is 11.1. The molecule has 0 amide bonds. The van der Waals surface area contributed by atoms with Gasteiger partial charge >= 0.3 is 0 Å². The van der Waals surface area contributed by atoms with Gasteiger partial charge in [-0.25, -0.2) is 0 Å². The highest BCUT2D eigenvalue weighted by atomic mass is 16.3. The van der Waals surface area contributed by atoms with Gasteiger partial charge in [-0.15, -0.1) is 0 Å². The van der Waals surface area contributed by atoms with Crippen LogP contribution in [0.2, 0.25) is 0 Å². The topological polar surface area (TPSA) is 23.5 Å². The Morgan fingerprint density at radius 1 is 1.25 bits per heavy atom. The van der Waals surface area contributed by atoms with Crippen molar-refractivity contribution in [2.24, 2.45) is 0 Å². The van der Waals surface area contributed by atoms with Gasteiger partial charge in [0, 0.05) is 24.5 Å². The van der Waals surface area contributed by atoms with E-state index in [0.29, 0.717) is 5.75 Å². The summed E-state index contributed by atoms with van der Waals surface area (Å²) in [4.78, 5) is 2.16. The third kappa shape index (κ3) is 1.20. The van der Waals surface area contributed by atoms with Crippen molar-refractivity contribution in [1.82, 2.24) is 0 Å². The van der Waals surface area contributed by atoms with E-state index in [1.807, 2.05) is 37.4 Å². The summed E-state index contributed by atoms with van der Waals surface area (Å²) >= 11 is 0. The second-order valence-electron chi connectivity index (χ2n) is 4.16. The van der Waals surface area contributed by atoms with Crippen LogP contribution in [0, 0.1) is 0 Å². The van der Waals surface area contributed by atoms with Gasteiger partial charge in [-0.1, -0.05) is 36.4 Å². The van der Waals surface area contributed by atoms with Gasteiger partial charge in [0.2, 0.25) is 0 Å². The predicted octanol–water partition coefficient (Wildman–Crippen LogP) is 3.01. The molecule has 1 aliphatic heterocycles. The molecule has 0 saturated heterocycles. The molecule has 0 fully saturated rings. The number of hydrogen-bond donors (Lipinski definition) is 1. The summed E-state index contributed by atoms with van der Waals surface area (Å²) in [5.74, 6) is 0.358. The molecule has 16 heavy (non-hydrogen) atoms. The van der Waals surface area contributed by atoms with E-state index in [0.717, 1.165) is 23.2 Å². The first kappa shape index (κ1) is 9.28. The Morgan fingerprint density at radius 3 is 2.94 bits per heavy atom. The number of phenolic OH excluding ortho intramolecular Hbond substituents is 1. The van der Waals surface area contributed by atoms with Crippen LogP contribution in [-0.2, 0) is 0 Å². The molecule has 2 aromatic rings. The van der Waals surface area contributed by atoms with E-state index >= 15 is 0 Å². The molecule has 80 valence electrons. The number of aromatic hydroxyl groups is 1. The molecular formula is C14H13NO. The van der Waals surface area contributed by atoms with Crippen molar-refractivity contribution >= 4 is 22.5 Å². The van der Waals surface area contributed by atoms with Crippen molar-refractivity contribution < 1.29 is 5.11 Å². The SMILES string of the molecule is CN1CC=Cc2c(O)cc3ccccc3c21. The van der Waals surface area contributed by atoms with Gasteiger partial charge in [-0.05, 0) is 11.5 Å². The number of likely N-dealkylation sites (N-methyl/N-ethyl adjacent to an activating group) is 1. The van der Waals surface area contributed by atoms with Crippen LogP contribution in [0.15, 0.2) is 36.4 Å². The van der Waals surface area contributed by atoms with Gasteiger partial charge in [-0.3, -0.25) is 0 Å². The number of anilines is 1. The predicted molar refractivity (Wildman–Crippen MR) is 67.9 cm³/mol. The summed E-state index contributed by atoms with van der Waals surface area (Å²) in [6.07, 6.45) is 4.06. The molecular weight excluding hydrogens is 198 g/mol. The van der Waals surface area contributed by atoms with Crippen LogP contribution in [0.5, 0.6) is 5.75 Å². The zero-order valence-corrected chi connectivity index (χ0v) is 9.14. The summed E-state index contributed by atoms with van der Waals surface area (Å²) in [5.41, 5.74) is 2.05. The number of benzene rings is 2. The fourth-order valence-corrected chi connectivity index (χ4v) is 2.33. The van der Waals surface area contributed by atoms with E-state index in [9.17, 15) is 5.11 Å². The molecule has 0 saturated carbocycles. The number of fused-ring (bicyclic) bond motifs is 3. The van der Waals surface area contributed by atoms with Crippen molar-refractivity contribution in [2.75, 3.05) is 18.5 Å². The lowest BCUT2D eigenvalue weighted by molar-refractivity contribution is 0.475. The molecule has 0 spiro atoms. The fourth-order valence-electron chi connectivity index (χ4n) is 2.33. The molecule has 2 heteroatoms. The van der Waals surface area contributed by atoms with Crippen molar-refractivity contribution in [2.45, 2.75) is 0 Å². The Bertz CT molecular complexity index is 587. The lowest BCUT2D eigenvalue weighted by atomic mass is 9.99. The maximum Gasteiger partial charge on any atom is 0.125 e. The lowest BCUT2D eigenvalue weighted by Gasteiger charge is -2.26. The van der Waals surface area contributed by atoms with Crippen molar-refractivity contribution in [3.05, 3.63) is 42.0 Å². The molecule has 0 radical (unpaired) electrons. The highest BCUT2D eigenvalue weighted by Gasteiger charge is 2.16. The summed E-state index contributed by atoms with van der Waals surface area (Å²) in [6.45, 7) is 0.889. The van der Waals surface area contributed by atoms with Crippen LogP contribution in [0.1, 0.15) is 5.56 Å². The number of hydrogen-bond acceptors (Lipinski definition) is 2. The molecule has 0 bridgehead atoms. The molecule has 0 aliphatic carbocycles. The van der Waals surface area contributed by atoms with Gasteiger partial charge in [0.25, 0.3) is 0 Å². The monoisotopic (exact) mass is 211 g/mol. The van der Waals surface area contributed by atoms with E-state index in [2.05, 4.69) is 17.0 Å². The lowest BCUT2D eigenvalue weighted by Crippen LogP contribution is -2.20. The van der Waals surface area contributed by atoms with Crippen LogP contribution in [0.3, 0.4) is 0 Å². The van der Waals surface area contributed by atoms with E-state index in [1.54, 1.807) is 0 Å². The second kappa shape index (κ2) is 3.27. The zero-order valence-electron chi connectivity index (χ0n) is 9.14. The average molecular weight is 211 g/mol. The highest BCUT2D eigenvalue weighted by molar-refractivity contribution is 6.01. The minimum absolute atomic E-state index is 0.358. The number of nitrogens with zero attached hydrogens (tertiary/aromatic N) is 1. The first-order valence-electron chi connectivity index (χ1n) is 5.40. The van der Waals surface area contributed by atoms with Gasteiger partial charge in [0.05, 0.1) is 5.69 Å². The van der Waals surface area contributed by atoms with Gasteiger partial charge in [0.1, 0.15) is 5.75 Å². The van der Waals surface area contributed by atoms with Crippen LogP contribution in [-0.4, -0.2) is 18.7 Å². The summed E-state index contributed by atoms with van der Waals surface area (Å²) in [7, 11) is 2.05. The summed E-state index contributed by atoms with van der Waals surface area (Å²) < 4.78 is 0. The first-order chi connectivity index (χ1) is 7.77. The Morgan fingerprint density at radius 2 is 2.06 bits per heavy atom. The molecule has 1 aliphatic rings. The average Bonchev–Trinajstić information content (AvgIpc) is 2.30. The van der Waals surface area contributed by atoms with E-state index in [1.165, 1.54) is 5.39 Å². The largest absolute Gasteiger partial charge is 0.507 e. The van der Waals surface area contributed by atoms with Crippen LogP contribution < -0.4 is 4.90 Å². The molecule has 1 heterocycles. The smallest absolute Gasteiger partial charge is 0.125 e. The quantitative estimate of drug-likeness (QED) is 0.724. The highest BCUT2D eigenvalue weighted by Crippen LogP contribution is 2.38. The minimum atomic E-state index is 0.358. The minimum Gasteiger partial charge on any atom is -0.507 e. The molecule has 0 unspecified atom stereocenters. The molecule has 1 N–H and O–H groups in total. The van der Waals surface area contributed by atoms with E-state index < -0.39 is 0 Å². The second-order valence-corrected chi connectivity index (χ2v) is 4.16. The van der Waals surface area contributed by atoms with Crippen LogP contribution in [0.25, 0.3) is 16.8 Å². The van der Waals surface area contributed by atoms with Gasteiger partial charge < -0.3 is 10.0 Å². The van der Waals surface area contributed by atoms with Gasteiger partial charge in [-0.2, -0.15) is 0 Å². The third-order valence-electron chi connectivity index (χ3n) is 3.08. The van der Waals surface area contributed by atoms with Crippen LogP contribution >= 0.6 is 0 Å². The normalized spacial score (nSPS) is 14.2. The number of phenols is 1. The summed E-state index contributed by atoms with van der Waals surface area (Å²) in [5, 5.41) is 12.3. The number of rotatable bonds is 0. The Labute approximate surface area is 94.4 Å². The third-order valence-corrected chi connectivity index (χ3v) is 3.08. The molecule has 0 atom stereocenters. The Balaban J connectivity index is 2.46. The maximum absolute atomic E-state index is 9.99. The molecule has 2 aromatic carbocycles. The molecule has 0 aromatic heterocycles. The Hall–Kier alpha value is -1.96. The summed E-state index contributed by atoms with van der Waals surface area (Å²) in [6, 6.07) is 9.99. The van der Waals surface area contributed by atoms with Gasteiger partial charge in [0.15, 0.2) is 0 Å². The molecule has 2 nitrogen and oxygen atoms in total. The van der Waals surface area contributed by atoms with E-state index in [-0.39, 0.29) is 0 Å². The Kier molecular flexibility index (Phi) is 1.90. The maximum atomic E-state index is 9.99. The van der Waals surface area contributed by atoms with Crippen LogP contribution in [0.4, 0.5) is 5.69 Å². The fraction of sp³-hybridized carbons (Fsp3) is 0.143. The molecule has 3 rings (SSSR count). The van der Waals surface area contributed by atoms with E-state index in [4.69, 9.17) is 0 Å². The standard InChI is InChI=1S/C14H13NO/c1-15-8-4-7-12-13(16)9-10-5-2-3-6-11(10)14(12)15/h2-7,9,16H,8H2,1H3. The van der Waals surface area contributed by atoms with Crippen molar-refractivity contribution in [1.29, 1.82) is 0 Å².